The number of rotatable bonds is 4. The molecule has 0 radical (unpaired) electrons. The van der Waals surface area contributed by atoms with Crippen LogP contribution in [-0.4, -0.2) is 10.5 Å². The molecule has 0 spiro atoms. The van der Waals surface area contributed by atoms with Crippen molar-refractivity contribution >= 4 is 43.4 Å². The van der Waals surface area contributed by atoms with E-state index in [2.05, 4.69) is 38.8 Å². The summed E-state index contributed by atoms with van der Waals surface area (Å²) in [6.07, 6.45) is 0. The van der Waals surface area contributed by atoms with Crippen molar-refractivity contribution in [2.24, 2.45) is 0 Å². The van der Waals surface area contributed by atoms with Crippen LogP contribution in [0.1, 0.15) is 35.9 Å². The van der Waals surface area contributed by atoms with Crippen molar-refractivity contribution in [1.82, 2.24) is 9.88 Å². The van der Waals surface area contributed by atoms with Gasteiger partial charge in [-0.15, -0.1) is 11.3 Å². The highest BCUT2D eigenvalue weighted by Gasteiger charge is 2.18. The van der Waals surface area contributed by atoms with Crippen molar-refractivity contribution in [3.8, 4) is 0 Å². The predicted molar refractivity (Wildman–Crippen MR) is 95.5 cm³/mol. The number of fused-ring (bicyclic) bond motifs is 1. The van der Waals surface area contributed by atoms with E-state index in [4.69, 9.17) is 0 Å². The van der Waals surface area contributed by atoms with Gasteiger partial charge in [0, 0.05) is 6.54 Å². The number of nitrogens with zero attached hydrogens (tertiary/aromatic N) is 1. The highest BCUT2D eigenvalue weighted by molar-refractivity contribution is 9.11. The summed E-state index contributed by atoms with van der Waals surface area (Å²) in [7, 11) is 0. The lowest BCUT2D eigenvalue weighted by molar-refractivity contribution is 0.0931. The quantitative estimate of drug-likeness (QED) is 0.684. The molecule has 0 aliphatic carbocycles. The Hall–Kier alpha value is -1.59. The fourth-order valence-corrected chi connectivity index (χ4v) is 4.20. The fourth-order valence-electron chi connectivity index (χ4n) is 2.64. The van der Waals surface area contributed by atoms with Crippen LogP contribution in [0.3, 0.4) is 0 Å². The zero-order chi connectivity index (χ0) is 15.7. The molecule has 1 aromatic carbocycles. The van der Waals surface area contributed by atoms with Crippen LogP contribution >= 0.6 is 27.3 Å². The fraction of sp³-hybridized carbons (Fsp3) is 0.235. The topological polar surface area (TPSA) is 34.0 Å². The van der Waals surface area contributed by atoms with Crippen molar-refractivity contribution in [2.45, 2.75) is 26.4 Å². The number of carbonyl (C=O) groups excluding carboxylic acids is 1. The average molecular weight is 377 g/mol. The molecule has 3 rings (SSSR count). The van der Waals surface area contributed by atoms with Gasteiger partial charge in [0.1, 0.15) is 5.69 Å². The van der Waals surface area contributed by atoms with E-state index in [1.165, 1.54) is 0 Å². The first-order valence-electron chi connectivity index (χ1n) is 7.24. The maximum atomic E-state index is 12.6. The third-order valence-corrected chi connectivity index (χ3v) is 5.33. The van der Waals surface area contributed by atoms with E-state index in [9.17, 15) is 4.79 Å². The highest BCUT2D eigenvalue weighted by Crippen LogP contribution is 2.32. The number of aromatic nitrogens is 1. The Morgan fingerprint density at radius 3 is 2.73 bits per heavy atom. The van der Waals surface area contributed by atoms with Gasteiger partial charge in [-0.05, 0) is 47.5 Å². The zero-order valence-electron chi connectivity index (χ0n) is 12.5. The maximum Gasteiger partial charge on any atom is 0.268 e. The molecule has 3 nitrogen and oxygen atoms in total. The van der Waals surface area contributed by atoms with Gasteiger partial charge >= 0.3 is 0 Å². The summed E-state index contributed by atoms with van der Waals surface area (Å²) in [6.45, 7) is 4.84. The molecule has 0 aliphatic rings. The van der Waals surface area contributed by atoms with Gasteiger partial charge in [0.2, 0.25) is 0 Å². The Morgan fingerprint density at radius 1 is 1.32 bits per heavy atom. The molecule has 1 atom stereocenters. The number of nitrogens with one attached hydrogen (secondary N) is 1. The van der Waals surface area contributed by atoms with Crippen LogP contribution in [0.15, 0.2) is 46.3 Å². The van der Waals surface area contributed by atoms with E-state index >= 15 is 0 Å². The molecule has 0 fully saturated rings. The zero-order valence-corrected chi connectivity index (χ0v) is 14.9. The van der Waals surface area contributed by atoms with Crippen molar-refractivity contribution in [1.29, 1.82) is 0 Å². The number of thiophene rings is 1. The lowest BCUT2D eigenvalue weighted by atomic mass is 10.1. The summed E-state index contributed by atoms with van der Waals surface area (Å²) in [5, 5.41) is 3.09. The Labute approximate surface area is 142 Å². The molecule has 0 saturated carbocycles. The Kier molecular flexibility index (Phi) is 4.36. The SMILES string of the molecule is CCn1c(C(=O)NC(C)c2ccccc2)cc2sc(Br)cc21. The second-order valence-electron chi connectivity index (χ2n) is 5.18. The second-order valence-corrected chi connectivity index (χ2v) is 7.64. The predicted octanol–water partition coefficient (Wildman–Crippen LogP) is 4.98. The minimum Gasteiger partial charge on any atom is -0.344 e. The Bertz CT molecular complexity index is 807. The van der Waals surface area contributed by atoms with Gasteiger partial charge in [-0.3, -0.25) is 4.79 Å². The molecule has 1 amide bonds. The van der Waals surface area contributed by atoms with E-state index in [0.717, 1.165) is 31.8 Å². The molecule has 2 heterocycles. The summed E-state index contributed by atoms with van der Waals surface area (Å²) in [5.74, 6) is -0.0299. The number of halogens is 1. The molecule has 3 aromatic rings. The highest BCUT2D eigenvalue weighted by atomic mass is 79.9. The first kappa shape index (κ1) is 15.3. The maximum absolute atomic E-state index is 12.6. The monoisotopic (exact) mass is 376 g/mol. The van der Waals surface area contributed by atoms with E-state index in [-0.39, 0.29) is 11.9 Å². The number of hydrogen-bond donors (Lipinski definition) is 1. The van der Waals surface area contributed by atoms with E-state index < -0.39 is 0 Å². The Morgan fingerprint density at radius 2 is 2.05 bits per heavy atom. The summed E-state index contributed by atoms with van der Waals surface area (Å²) in [6, 6.07) is 14.0. The van der Waals surface area contributed by atoms with Gasteiger partial charge in [0.05, 0.1) is 20.0 Å². The van der Waals surface area contributed by atoms with Gasteiger partial charge in [0.25, 0.3) is 5.91 Å². The first-order valence-corrected chi connectivity index (χ1v) is 8.85. The number of aryl methyl sites for hydroxylation is 1. The molecular formula is C17H17BrN2OS. The smallest absolute Gasteiger partial charge is 0.268 e. The molecule has 114 valence electrons. The molecule has 5 heteroatoms. The normalized spacial score (nSPS) is 12.5. The van der Waals surface area contributed by atoms with E-state index in [1.807, 2.05) is 43.3 Å². The van der Waals surface area contributed by atoms with Crippen LogP contribution in [0.2, 0.25) is 0 Å². The summed E-state index contributed by atoms with van der Waals surface area (Å²) in [5.41, 5.74) is 2.94. The lowest BCUT2D eigenvalue weighted by Crippen LogP contribution is -2.28. The van der Waals surface area contributed by atoms with Gasteiger partial charge in [-0.1, -0.05) is 30.3 Å². The third kappa shape index (κ3) is 2.83. The molecule has 0 saturated heterocycles. The molecular weight excluding hydrogens is 360 g/mol. The molecule has 2 aromatic heterocycles. The van der Waals surface area contributed by atoms with Crippen molar-refractivity contribution in [3.63, 3.8) is 0 Å². The van der Waals surface area contributed by atoms with Crippen molar-refractivity contribution in [3.05, 3.63) is 57.5 Å². The first-order chi connectivity index (χ1) is 10.6. The largest absolute Gasteiger partial charge is 0.344 e. The molecule has 0 aliphatic heterocycles. The third-order valence-electron chi connectivity index (χ3n) is 3.76. The van der Waals surface area contributed by atoms with Gasteiger partial charge in [-0.2, -0.15) is 0 Å². The van der Waals surface area contributed by atoms with Gasteiger partial charge < -0.3 is 9.88 Å². The van der Waals surface area contributed by atoms with Gasteiger partial charge in [-0.25, -0.2) is 0 Å². The van der Waals surface area contributed by atoms with Crippen LogP contribution in [0.5, 0.6) is 0 Å². The molecule has 1 unspecified atom stereocenters. The van der Waals surface area contributed by atoms with Crippen LogP contribution in [0, 0.1) is 0 Å². The summed E-state index contributed by atoms with van der Waals surface area (Å²) in [4.78, 5) is 12.6. The number of benzene rings is 1. The Balaban J connectivity index is 1.87. The van der Waals surface area contributed by atoms with Crippen molar-refractivity contribution < 1.29 is 4.79 Å². The number of hydrogen-bond acceptors (Lipinski definition) is 2. The number of carbonyl (C=O) groups is 1. The van der Waals surface area contributed by atoms with E-state index in [0.29, 0.717) is 0 Å². The summed E-state index contributed by atoms with van der Waals surface area (Å²) < 4.78 is 4.28. The van der Waals surface area contributed by atoms with Crippen LogP contribution in [0.25, 0.3) is 10.2 Å². The minimum atomic E-state index is -0.0299. The lowest BCUT2D eigenvalue weighted by Gasteiger charge is -2.15. The standard InChI is InChI=1S/C17H17BrN2OS/c1-3-20-13-10-16(18)22-15(13)9-14(20)17(21)19-11(2)12-7-5-4-6-8-12/h4-11H,3H2,1-2H3,(H,19,21). The minimum absolute atomic E-state index is 0.0151. The number of amides is 1. The van der Waals surface area contributed by atoms with Crippen LogP contribution in [0.4, 0.5) is 0 Å². The molecule has 0 bridgehead atoms. The molecule has 22 heavy (non-hydrogen) atoms. The summed E-state index contributed by atoms with van der Waals surface area (Å²) >= 11 is 5.16. The van der Waals surface area contributed by atoms with E-state index in [1.54, 1.807) is 11.3 Å². The average Bonchev–Trinajstić information content (AvgIpc) is 3.03. The van der Waals surface area contributed by atoms with Gasteiger partial charge in [0.15, 0.2) is 0 Å². The van der Waals surface area contributed by atoms with Crippen LogP contribution in [-0.2, 0) is 6.54 Å². The van der Waals surface area contributed by atoms with Crippen LogP contribution < -0.4 is 5.32 Å². The second kappa shape index (κ2) is 6.26. The molecule has 1 N–H and O–H groups in total. The van der Waals surface area contributed by atoms with Crippen molar-refractivity contribution in [2.75, 3.05) is 0 Å².